The van der Waals surface area contributed by atoms with Crippen molar-refractivity contribution in [2.24, 2.45) is 0 Å². The average molecular weight is 1040 g/mol. The Morgan fingerprint density at radius 3 is 1.41 bits per heavy atom. The number of ether oxygens (including phenoxy) is 10. The third kappa shape index (κ3) is 13.4. The van der Waals surface area contributed by atoms with Gasteiger partial charge in [0.15, 0.2) is 43.0 Å². The molecule has 0 aromatic heterocycles. The van der Waals surface area contributed by atoms with Crippen molar-refractivity contribution in [3.05, 3.63) is 11.5 Å². The standard InChI is InChI=1S/C40H68N2O29/c1-10-21(51)28(58)30(60)38(63-10)69-33-20(42-13(4)48)36(62-9-15(50)24(54)23(53)14(49)5-43)67-18(8-46)32(33)68-40-35(71-39-31(61)29(59)22(52)11(2)64-39)34(26(56)17(7-45)66-40)70-37-19(41-12(3)47)27(57)25(55)16(6-44)65-37/h10-11,14-22,25-40,43-46,49-61H,5-9H2,1-4H3,(H,41,47)(H,42,48)/t10-,11-,14?,15?,16+,17+,18+,19+,20+,21+,22+,25-,26-,27+,28+,29+,30-,31-,32+,33+,34-,35+,36+,37+,38-,39-,40-/m0/s1. The second-order valence-electron chi connectivity index (χ2n) is 17.7. The van der Waals surface area contributed by atoms with Crippen LogP contribution in [-0.4, -0.2) is 297 Å². The van der Waals surface area contributed by atoms with E-state index in [1.165, 1.54) is 13.8 Å². The Kier molecular flexibility index (Phi) is 21.4. The maximum Gasteiger partial charge on any atom is 0.217 e. The fourth-order valence-electron chi connectivity index (χ4n) is 8.51. The third-order valence-electron chi connectivity index (χ3n) is 12.5. The summed E-state index contributed by atoms with van der Waals surface area (Å²) in [6, 6.07) is -3.46. The van der Waals surface area contributed by atoms with Gasteiger partial charge in [-0.05, 0) is 13.8 Å². The average Bonchev–Trinajstić information content (AvgIpc) is 3.33. The largest absolute Gasteiger partial charge is 0.506 e. The molecule has 5 aliphatic heterocycles. The number of rotatable bonds is 19. The molecule has 0 saturated carbocycles. The fourth-order valence-corrected chi connectivity index (χ4v) is 8.51. The van der Waals surface area contributed by atoms with Gasteiger partial charge in [-0.2, -0.15) is 0 Å². The van der Waals surface area contributed by atoms with Gasteiger partial charge in [-0.1, -0.05) is 0 Å². The molecule has 0 spiro atoms. The van der Waals surface area contributed by atoms with Gasteiger partial charge in [0.05, 0.1) is 45.2 Å². The lowest BCUT2D eigenvalue weighted by Gasteiger charge is -2.52. The molecule has 2 amide bonds. The lowest BCUT2D eigenvalue weighted by atomic mass is 9.93. The third-order valence-corrected chi connectivity index (χ3v) is 12.5. The molecule has 5 rings (SSSR count). The van der Waals surface area contributed by atoms with Crippen LogP contribution >= 0.6 is 0 Å². The van der Waals surface area contributed by atoms with E-state index in [2.05, 4.69) is 10.6 Å². The molecular weight excluding hydrogens is 972 g/mol. The Bertz CT molecular complexity index is 1740. The number of aliphatic hydroxyl groups is 17. The van der Waals surface area contributed by atoms with Crippen LogP contribution in [0.4, 0.5) is 0 Å². The van der Waals surface area contributed by atoms with Gasteiger partial charge in [0, 0.05) is 13.8 Å². The van der Waals surface area contributed by atoms with Crippen LogP contribution in [-0.2, 0) is 57.0 Å². The molecule has 0 bridgehead atoms. The van der Waals surface area contributed by atoms with Crippen molar-refractivity contribution in [2.45, 2.75) is 193 Å². The monoisotopic (exact) mass is 1040 g/mol. The minimum atomic E-state index is -2.18. The molecule has 31 heteroatoms. The smallest absolute Gasteiger partial charge is 0.217 e. The molecule has 5 aliphatic rings. The number of carbonyl (C=O) groups is 2. The first-order chi connectivity index (χ1) is 33.4. The second-order valence-corrected chi connectivity index (χ2v) is 17.7. The zero-order valence-corrected chi connectivity index (χ0v) is 38.6. The summed E-state index contributed by atoms with van der Waals surface area (Å²) in [5, 5.41) is 185. The number of hydrogen-bond donors (Lipinski definition) is 19. The Hall–Kier alpha value is -2.72. The number of nitrogens with one attached hydrogen (secondary N) is 2. The zero-order valence-electron chi connectivity index (χ0n) is 38.6. The Morgan fingerprint density at radius 2 is 0.901 bits per heavy atom. The van der Waals surface area contributed by atoms with E-state index in [4.69, 9.17) is 47.4 Å². The summed E-state index contributed by atoms with van der Waals surface area (Å²) in [5.74, 6) is -4.19. The predicted octanol–water partition coefficient (Wildman–Crippen LogP) is -10.5. The highest BCUT2D eigenvalue weighted by Gasteiger charge is 2.58. The van der Waals surface area contributed by atoms with E-state index < -0.39 is 222 Å². The molecule has 27 atom stereocenters. The minimum absolute atomic E-state index is 0.796. The van der Waals surface area contributed by atoms with E-state index in [0.717, 1.165) is 13.8 Å². The van der Waals surface area contributed by atoms with E-state index in [1.807, 2.05) is 0 Å². The first-order valence-electron chi connectivity index (χ1n) is 22.5. The zero-order chi connectivity index (χ0) is 52.9. The van der Waals surface area contributed by atoms with Gasteiger partial charge >= 0.3 is 0 Å². The highest BCUT2D eigenvalue weighted by Crippen LogP contribution is 2.38. The number of hydrogen-bond acceptors (Lipinski definition) is 29. The van der Waals surface area contributed by atoms with E-state index in [-0.39, 0.29) is 0 Å². The van der Waals surface area contributed by atoms with E-state index in [1.54, 1.807) is 0 Å². The van der Waals surface area contributed by atoms with Gasteiger partial charge in [-0.25, -0.2) is 0 Å². The van der Waals surface area contributed by atoms with Gasteiger partial charge in [0.2, 0.25) is 11.8 Å². The van der Waals surface area contributed by atoms with Gasteiger partial charge in [0.1, 0.15) is 122 Å². The summed E-state index contributed by atoms with van der Waals surface area (Å²) in [5.41, 5.74) is 0. The van der Waals surface area contributed by atoms with Crippen molar-refractivity contribution < 1.29 is 144 Å². The highest BCUT2D eigenvalue weighted by molar-refractivity contribution is 5.73. The summed E-state index contributed by atoms with van der Waals surface area (Å²) in [7, 11) is 0. The van der Waals surface area contributed by atoms with Gasteiger partial charge in [-0.3, -0.25) is 9.59 Å². The predicted molar refractivity (Wildman–Crippen MR) is 222 cm³/mol. The summed E-state index contributed by atoms with van der Waals surface area (Å²) < 4.78 is 59.7. The van der Waals surface area contributed by atoms with Crippen molar-refractivity contribution in [1.29, 1.82) is 0 Å². The van der Waals surface area contributed by atoms with Gasteiger partial charge < -0.3 is 145 Å². The maximum absolute atomic E-state index is 12.9. The molecule has 412 valence electrons. The molecule has 0 aliphatic carbocycles. The highest BCUT2D eigenvalue weighted by atomic mass is 16.8. The van der Waals surface area contributed by atoms with Crippen LogP contribution in [0.15, 0.2) is 11.5 Å². The molecule has 2 unspecified atom stereocenters. The van der Waals surface area contributed by atoms with E-state index in [9.17, 15) is 96.4 Å². The van der Waals surface area contributed by atoms with Crippen LogP contribution in [0.5, 0.6) is 0 Å². The lowest BCUT2D eigenvalue weighted by Crippen LogP contribution is -2.71. The molecule has 31 nitrogen and oxygen atoms in total. The van der Waals surface area contributed by atoms with Crippen molar-refractivity contribution in [2.75, 3.05) is 33.0 Å². The first-order valence-corrected chi connectivity index (χ1v) is 22.5. The first kappa shape index (κ1) is 59.2. The van der Waals surface area contributed by atoms with Gasteiger partial charge in [-0.15, -0.1) is 0 Å². The summed E-state index contributed by atoms with van der Waals surface area (Å²) >= 11 is 0. The van der Waals surface area contributed by atoms with Crippen molar-refractivity contribution >= 4 is 11.8 Å². The van der Waals surface area contributed by atoms with Crippen LogP contribution in [0.1, 0.15) is 27.7 Å². The van der Waals surface area contributed by atoms with Crippen LogP contribution in [0, 0.1) is 0 Å². The van der Waals surface area contributed by atoms with Gasteiger partial charge in [0.25, 0.3) is 0 Å². The number of amides is 2. The Morgan fingerprint density at radius 1 is 0.465 bits per heavy atom. The number of aliphatic hydroxyl groups excluding tert-OH is 17. The minimum Gasteiger partial charge on any atom is -0.506 e. The SMILES string of the molecule is CC(=O)N[C@H]1[C@@H](O[C@H]2[C@@H](O)[C@@H](CO)O[C@@H](O[C@H]3[C@H](O[C@@H]4O[C@@H](C)[C@@H](O)[C@@H](O)[C@@H]4O)[C@@H](NC(C)=O)[C@H](OCC(O)C(O)=C(O)C(O)CO)O[C@@H]3CO)[C@@H]2O[C@@H]2O[C@@H](C)[C@@H](O)[C@@H](O)[C@@H]2O)O[C@H](CO)[C@H](O)[C@@H]1O. The van der Waals surface area contributed by atoms with Crippen molar-refractivity contribution in [3.63, 3.8) is 0 Å². The molecule has 5 fully saturated rings. The maximum atomic E-state index is 12.9. The molecule has 71 heavy (non-hydrogen) atoms. The van der Waals surface area contributed by atoms with E-state index >= 15 is 0 Å². The number of carbonyl (C=O) groups excluding carboxylic acids is 2. The molecule has 5 saturated heterocycles. The van der Waals surface area contributed by atoms with Crippen molar-refractivity contribution in [1.82, 2.24) is 10.6 Å². The summed E-state index contributed by atoms with van der Waals surface area (Å²) in [6.07, 6.45) is -47.2. The van der Waals surface area contributed by atoms with Crippen LogP contribution in [0.2, 0.25) is 0 Å². The molecule has 0 radical (unpaired) electrons. The quantitative estimate of drug-likeness (QED) is 0.0534. The van der Waals surface area contributed by atoms with Crippen molar-refractivity contribution in [3.8, 4) is 0 Å². The van der Waals surface area contributed by atoms with Crippen LogP contribution < -0.4 is 10.6 Å². The Balaban J connectivity index is 1.63. The molecule has 0 aromatic rings. The molecule has 0 aromatic carbocycles. The lowest BCUT2D eigenvalue weighted by molar-refractivity contribution is -0.404. The van der Waals surface area contributed by atoms with Crippen LogP contribution in [0.3, 0.4) is 0 Å². The normalized spacial score (nSPS) is 45.6. The molecule has 5 heterocycles. The fraction of sp³-hybridized carbons (Fsp3) is 0.900. The Labute approximate surface area is 403 Å². The van der Waals surface area contributed by atoms with E-state index in [0.29, 0.717) is 0 Å². The molecular formula is C40H68N2O29. The molecule has 19 N–H and O–H groups in total. The summed E-state index contributed by atoms with van der Waals surface area (Å²) in [6.45, 7) is -0.623. The summed E-state index contributed by atoms with van der Waals surface area (Å²) in [4.78, 5) is 25.3. The topological polar surface area (TPSA) is 494 Å². The van der Waals surface area contributed by atoms with Crippen LogP contribution in [0.25, 0.3) is 0 Å². The second kappa shape index (κ2) is 25.7.